The molecule has 2 rings (SSSR count). The fourth-order valence-corrected chi connectivity index (χ4v) is 1.38. The van der Waals surface area contributed by atoms with Crippen molar-refractivity contribution < 1.29 is 22.7 Å². The molecule has 1 aliphatic rings. The predicted octanol–water partition coefficient (Wildman–Crippen LogP) is 2.81. The van der Waals surface area contributed by atoms with Crippen molar-refractivity contribution in [2.45, 2.75) is 25.4 Å². The molecule has 86 valence electrons. The quantitative estimate of drug-likeness (QED) is 0.576. The third-order valence-electron chi connectivity index (χ3n) is 2.55. The Morgan fingerprint density at radius 2 is 1.75 bits per heavy atom. The molecule has 2 nitrogen and oxygen atoms in total. The van der Waals surface area contributed by atoms with Crippen LogP contribution in [0.15, 0.2) is 12.1 Å². The minimum Gasteiger partial charge on any atom is -0.459 e. The van der Waals surface area contributed by atoms with Crippen molar-refractivity contribution in [3.63, 3.8) is 0 Å². The number of esters is 1. The van der Waals surface area contributed by atoms with Crippen LogP contribution in [-0.2, 0) is 4.74 Å². The molecular weight excluding hydrogens is 221 g/mol. The molecule has 1 aliphatic carbocycles. The number of hydrogen-bond donors (Lipinski definition) is 0. The van der Waals surface area contributed by atoms with Crippen molar-refractivity contribution in [1.82, 2.24) is 0 Å². The SMILES string of the molecule is O=C(OC1CCC1)c1cc(F)c(F)c(F)c1. The van der Waals surface area contributed by atoms with Crippen molar-refractivity contribution in [1.29, 1.82) is 0 Å². The van der Waals surface area contributed by atoms with E-state index in [0.717, 1.165) is 19.3 Å². The zero-order valence-electron chi connectivity index (χ0n) is 8.30. The number of carbonyl (C=O) groups is 1. The summed E-state index contributed by atoms with van der Waals surface area (Å²) in [4.78, 5) is 11.4. The van der Waals surface area contributed by atoms with Crippen LogP contribution in [-0.4, -0.2) is 12.1 Å². The van der Waals surface area contributed by atoms with Gasteiger partial charge in [0.05, 0.1) is 5.56 Å². The Hall–Kier alpha value is -1.52. The average molecular weight is 230 g/mol. The molecule has 0 atom stereocenters. The standard InChI is InChI=1S/C11H9F3O2/c12-8-4-6(5-9(13)10(8)14)11(15)16-7-2-1-3-7/h4-5,7H,1-3H2. The summed E-state index contributed by atoms with van der Waals surface area (Å²) >= 11 is 0. The highest BCUT2D eigenvalue weighted by Crippen LogP contribution is 2.23. The lowest BCUT2D eigenvalue weighted by atomic mass is 9.96. The van der Waals surface area contributed by atoms with Crippen LogP contribution in [0.2, 0.25) is 0 Å². The van der Waals surface area contributed by atoms with E-state index >= 15 is 0 Å². The first-order chi connectivity index (χ1) is 7.58. The third-order valence-corrected chi connectivity index (χ3v) is 2.55. The molecule has 0 aromatic heterocycles. The van der Waals surface area contributed by atoms with Gasteiger partial charge in [0, 0.05) is 0 Å². The van der Waals surface area contributed by atoms with Crippen LogP contribution in [0.4, 0.5) is 13.2 Å². The largest absolute Gasteiger partial charge is 0.459 e. The second kappa shape index (κ2) is 4.15. The maximum Gasteiger partial charge on any atom is 0.338 e. The molecule has 0 N–H and O–H groups in total. The third kappa shape index (κ3) is 2.03. The van der Waals surface area contributed by atoms with Crippen molar-refractivity contribution in [2.24, 2.45) is 0 Å². The first kappa shape index (κ1) is 11.0. The normalized spacial score (nSPS) is 15.7. The molecule has 0 saturated heterocycles. The fraction of sp³-hybridized carbons (Fsp3) is 0.364. The van der Waals surface area contributed by atoms with Gasteiger partial charge in [0.15, 0.2) is 17.5 Å². The van der Waals surface area contributed by atoms with Crippen molar-refractivity contribution >= 4 is 5.97 Å². The highest BCUT2D eigenvalue weighted by atomic mass is 19.2. The Bertz CT molecular complexity index is 404. The van der Waals surface area contributed by atoms with Crippen LogP contribution in [0, 0.1) is 17.5 Å². The molecule has 0 radical (unpaired) electrons. The minimum atomic E-state index is -1.58. The Kier molecular flexibility index (Phi) is 2.85. The minimum absolute atomic E-state index is 0.177. The molecule has 5 heteroatoms. The summed E-state index contributed by atoms with van der Waals surface area (Å²) in [6.45, 7) is 0. The Balaban J connectivity index is 2.16. The van der Waals surface area contributed by atoms with Crippen LogP contribution in [0.25, 0.3) is 0 Å². The monoisotopic (exact) mass is 230 g/mol. The highest BCUT2D eigenvalue weighted by molar-refractivity contribution is 5.89. The molecule has 0 amide bonds. The number of hydrogen-bond acceptors (Lipinski definition) is 2. The summed E-state index contributed by atoms with van der Waals surface area (Å²) in [5.41, 5.74) is -0.302. The van der Waals surface area contributed by atoms with Gasteiger partial charge in [0.25, 0.3) is 0 Å². The van der Waals surface area contributed by atoms with E-state index in [-0.39, 0.29) is 11.7 Å². The van der Waals surface area contributed by atoms with E-state index in [1.165, 1.54) is 0 Å². The number of halogens is 3. The summed E-state index contributed by atoms with van der Waals surface area (Å²) in [6.07, 6.45) is 2.32. The molecular formula is C11H9F3O2. The van der Waals surface area contributed by atoms with Crippen LogP contribution in [0.3, 0.4) is 0 Å². The Morgan fingerprint density at radius 3 is 2.19 bits per heavy atom. The van der Waals surface area contributed by atoms with Gasteiger partial charge in [0.2, 0.25) is 0 Å². The zero-order valence-corrected chi connectivity index (χ0v) is 8.30. The topological polar surface area (TPSA) is 26.3 Å². The van der Waals surface area contributed by atoms with Gasteiger partial charge in [-0.1, -0.05) is 0 Å². The average Bonchev–Trinajstić information content (AvgIpc) is 2.19. The summed E-state index contributed by atoms with van der Waals surface area (Å²) in [7, 11) is 0. The van der Waals surface area contributed by atoms with Gasteiger partial charge >= 0.3 is 5.97 Å². The molecule has 16 heavy (non-hydrogen) atoms. The van der Waals surface area contributed by atoms with Gasteiger partial charge < -0.3 is 4.74 Å². The van der Waals surface area contributed by atoms with E-state index in [2.05, 4.69) is 0 Å². The summed E-state index contributed by atoms with van der Waals surface area (Å²) in [5.74, 6) is -5.18. The predicted molar refractivity (Wildman–Crippen MR) is 49.4 cm³/mol. The van der Waals surface area contributed by atoms with Crippen LogP contribution < -0.4 is 0 Å². The van der Waals surface area contributed by atoms with Gasteiger partial charge in [-0.25, -0.2) is 18.0 Å². The number of rotatable bonds is 2. The van der Waals surface area contributed by atoms with Crippen LogP contribution >= 0.6 is 0 Å². The van der Waals surface area contributed by atoms with E-state index < -0.39 is 23.4 Å². The number of carbonyl (C=O) groups excluding carboxylic acids is 1. The molecule has 0 heterocycles. The first-order valence-corrected chi connectivity index (χ1v) is 4.93. The molecule has 0 unspecified atom stereocenters. The lowest BCUT2D eigenvalue weighted by molar-refractivity contribution is 0.00889. The molecule has 1 saturated carbocycles. The lowest BCUT2D eigenvalue weighted by Crippen LogP contribution is -2.25. The Labute approximate surface area is 90.0 Å². The number of ether oxygens (including phenoxy) is 1. The Morgan fingerprint density at radius 1 is 1.19 bits per heavy atom. The van der Waals surface area contributed by atoms with Crippen molar-refractivity contribution in [2.75, 3.05) is 0 Å². The van der Waals surface area contributed by atoms with E-state index in [1.54, 1.807) is 0 Å². The van der Waals surface area contributed by atoms with Crippen LogP contribution in [0.1, 0.15) is 29.6 Å². The molecule has 1 fully saturated rings. The summed E-state index contributed by atoms with van der Waals surface area (Å²) in [5, 5.41) is 0. The molecule has 1 aromatic carbocycles. The smallest absolute Gasteiger partial charge is 0.338 e. The second-order valence-electron chi connectivity index (χ2n) is 3.71. The highest BCUT2D eigenvalue weighted by Gasteiger charge is 2.23. The molecule has 1 aromatic rings. The second-order valence-corrected chi connectivity index (χ2v) is 3.71. The van der Waals surface area contributed by atoms with E-state index in [4.69, 9.17) is 4.74 Å². The van der Waals surface area contributed by atoms with Crippen LogP contribution in [0.5, 0.6) is 0 Å². The maximum atomic E-state index is 12.8. The maximum absolute atomic E-state index is 12.8. The molecule has 0 aliphatic heterocycles. The summed E-state index contributed by atoms with van der Waals surface area (Å²) in [6, 6.07) is 1.28. The van der Waals surface area contributed by atoms with Gasteiger partial charge in [-0.15, -0.1) is 0 Å². The molecule has 0 bridgehead atoms. The number of benzene rings is 1. The molecule has 0 spiro atoms. The first-order valence-electron chi connectivity index (χ1n) is 4.93. The van der Waals surface area contributed by atoms with Gasteiger partial charge in [0.1, 0.15) is 6.10 Å². The fourth-order valence-electron chi connectivity index (χ4n) is 1.38. The summed E-state index contributed by atoms with van der Waals surface area (Å²) < 4.78 is 43.2. The van der Waals surface area contributed by atoms with Gasteiger partial charge in [-0.05, 0) is 31.4 Å². The van der Waals surface area contributed by atoms with Gasteiger partial charge in [-0.3, -0.25) is 0 Å². The van der Waals surface area contributed by atoms with E-state index in [0.29, 0.717) is 12.1 Å². The van der Waals surface area contributed by atoms with E-state index in [1.807, 2.05) is 0 Å². The lowest BCUT2D eigenvalue weighted by Gasteiger charge is -2.25. The van der Waals surface area contributed by atoms with Gasteiger partial charge in [-0.2, -0.15) is 0 Å². The van der Waals surface area contributed by atoms with Crippen molar-refractivity contribution in [3.8, 4) is 0 Å². The van der Waals surface area contributed by atoms with Crippen molar-refractivity contribution in [3.05, 3.63) is 35.1 Å². The van der Waals surface area contributed by atoms with E-state index in [9.17, 15) is 18.0 Å². The zero-order chi connectivity index (χ0) is 11.7.